The van der Waals surface area contributed by atoms with Gasteiger partial charge in [-0.2, -0.15) is 0 Å². The smallest absolute Gasteiger partial charge is 0.332 e. The molecule has 174 valence electrons. The number of rotatable bonds is 11. The molecule has 0 aliphatic heterocycles. The summed E-state index contributed by atoms with van der Waals surface area (Å²) in [6.45, 7) is 14.3. The summed E-state index contributed by atoms with van der Waals surface area (Å²) in [5.74, 6) is 0.246. The minimum Gasteiger partial charge on any atom is -0.507 e. The lowest BCUT2D eigenvalue weighted by Crippen LogP contribution is -2.18. The van der Waals surface area contributed by atoms with E-state index in [4.69, 9.17) is 0 Å². The van der Waals surface area contributed by atoms with Crippen LogP contribution in [-0.2, 0) is 15.4 Å². The molecule has 5 heteroatoms. The topological polar surface area (TPSA) is 77.8 Å². The molecule has 0 aliphatic carbocycles. The Hall–Kier alpha value is -0.830. The highest BCUT2D eigenvalue weighted by molar-refractivity contribution is 7.52. The monoisotopic (exact) mass is 440 g/mol. The maximum atomic E-state index is 12.4. The summed E-state index contributed by atoms with van der Waals surface area (Å²) < 4.78 is 12.4. The minimum atomic E-state index is -4.31. The molecule has 0 saturated heterocycles. The molecule has 1 rings (SSSR count). The lowest BCUT2D eigenvalue weighted by Gasteiger charge is -2.30. The second-order valence-corrected chi connectivity index (χ2v) is 12.6. The van der Waals surface area contributed by atoms with Gasteiger partial charge >= 0.3 is 7.60 Å². The van der Waals surface area contributed by atoms with Gasteiger partial charge in [0.2, 0.25) is 0 Å². The highest BCUT2D eigenvalue weighted by Crippen LogP contribution is 2.56. The molecule has 0 spiro atoms. The van der Waals surface area contributed by atoms with E-state index in [1.54, 1.807) is 0 Å². The first-order valence-electron chi connectivity index (χ1n) is 11.6. The van der Waals surface area contributed by atoms with Crippen molar-refractivity contribution in [2.75, 3.05) is 0 Å². The Morgan fingerprint density at radius 1 is 0.800 bits per heavy atom. The van der Waals surface area contributed by atoms with Crippen LogP contribution in [0, 0.1) is 0 Å². The summed E-state index contributed by atoms with van der Waals surface area (Å²) in [5, 5.41) is 10.9. The highest BCUT2D eigenvalue weighted by Gasteiger charge is 2.34. The third-order valence-corrected chi connectivity index (χ3v) is 7.24. The number of hydrogen-bond donors (Lipinski definition) is 3. The number of benzene rings is 1. The first-order chi connectivity index (χ1) is 13.7. The second-order valence-electron chi connectivity index (χ2n) is 10.8. The molecule has 0 aromatic heterocycles. The SMILES string of the molecule is CCCCCCCCCCC(c1cc(C(C)(C)C)c(O)c(C(C)(C)C)c1)P(=O)(O)O. The quantitative estimate of drug-likeness (QED) is 0.243. The summed E-state index contributed by atoms with van der Waals surface area (Å²) in [6.07, 6.45) is 9.64. The van der Waals surface area contributed by atoms with Crippen molar-refractivity contribution < 1.29 is 19.5 Å². The second kappa shape index (κ2) is 11.2. The van der Waals surface area contributed by atoms with Crippen molar-refractivity contribution in [3.63, 3.8) is 0 Å². The first kappa shape index (κ1) is 27.2. The van der Waals surface area contributed by atoms with Gasteiger partial charge in [-0.3, -0.25) is 4.57 Å². The summed E-state index contributed by atoms with van der Waals surface area (Å²) in [7, 11) is -4.31. The third kappa shape index (κ3) is 8.36. The molecule has 0 fully saturated rings. The van der Waals surface area contributed by atoms with Gasteiger partial charge in [-0.05, 0) is 33.9 Å². The van der Waals surface area contributed by atoms with Crippen LogP contribution in [-0.4, -0.2) is 14.9 Å². The molecule has 30 heavy (non-hydrogen) atoms. The van der Waals surface area contributed by atoms with Crippen molar-refractivity contribution in [2.45, 2.75) is 123 Å². The van der Waals surface area contributed by atoms with Crippen LogP contribution in [0.1, 0.15) is 129 Å². The Kier molecular flexibility index (Phi) is 10.1. The van der Waals surface area contributed by atoms with Crippen LogP contribution in [0.25, 0.3) is 0 Å². The minimum absolute atomic E-state index is 0.246. The zero-order valence-corrected chi connectivity index (χ0v) is 21.2. The van der Waals surface area contributed by atoms with Gasteiger partial charge in [0.05, 0.1) is 5.66 Å². The van der Waals surface area contributed by atoms with Gasteiger partial charge in [0.15, 0.2) is 0 Å². The van der Waals surface area contributed by atoms with Crippen LogP contribution in [0.2, 0.25) is 0 Å². The summed E-state index contributed by atoms with van der Waals surface area (Å²) in [6, 6.07) is 3.64. The number of phenols is 1. The normalized spacial score (nSPS) is 14.2. The predicted molar refractivity (Wildman–Crippen MR) is 128 cm³/mol. The molecule has 0 aliphatic rings. The average molecular weight is 441 g/mol. The largest absolute Gasteiger partial charge is 0.507 e. The van der Waals surface area contributed by atoms with Gasteiger partial charge in [0.1, 0.15) is 5.75 Å². The van der Waals surface area contributed by atoms with Crippen LogP contribution in [0.5, 0.6) is 5.75 Å². The first-order valence-corrected chi connectivity index (χ1v) is 13.3. The molecule has 0 saturated carbocycles. The van der Waals surface area contributed by atoms with E-state index in [-0.39, 0.29) is 16.6 Å². The van der Waals surface area contributed by atoms with E-state index in [1.165, 1.54) is 32.1 Å². The highest BCUT2D eigenvalue weighted by atomic mass is 31.2. The van der Waals surface area contributed by atoms with E-state index in [0.29, 0.717) is 12.0 Å². The van der Waals surface area contributed by atoms with Gasteiger partial charge in [-0.1, -0.05) is 112 Å². The fourth-order valence-electron chi connectivity index (χ4n) is 3.99. The summed E-state index contributed by atoms with van der Waals surface area (Å²) in [4.78, 5) is 20.3. The fourth-order valence-corrected chi connectivity index (χ4v) is 5.05. The van der Waals surface area contributed by atoms with Crippen molar-refractivity contribution in [2.24, 2.45) is 0 Å². The molecular weight excluding hydrogens is 395 g/mol. The van der Waals surface area contributed by atoms with Crippen molar-refractivity contribution in [1.29, 1.82) is 0 Å². The molecule has 1 aromatic rings. The lowest BCUT2D eigenvalue weighted by molar-refractivity contribution is 0.352. The Morgan fingerprint density at radius 2 is 1.20 bits per heavy atom. The Labute approximate surface area is 184 Å². The zero-order chi connectivity index (χ0) is 23.2. The van der Waals surface area contributed by atoms with E-state index in [1.807, 2.05) is 53.7 Å². The third-order valence-electron chi connectivity index (χ3n) is 5.87. The molecule has 1 unspecified atom stereocenters. The summed E-state index contributed by atoms with van der Waals surface area (Å²) in [5.41, 5.74) is 0.689. The average Bonchev–Trinajstić information content (AvgIpc) is 2.58. The van der Waals surface area contributed by atoms with Crippen LogP contribution < -0.4 is 0 Å². The van der Waals surface area contributed by atoms with Crippen molar-refractivity contribution in [3.05, 3.63) is 28.8 Å². The van der Waals surface area contributed by atoms with Crippen LogP contribution in [0.4, 0.5) is 0 Å². The van der Waals surface area contributed by atoms with Gasteiger partial charge in [0, 0.05) is 0 Å². The van der Waals surface area contributed by atoms with Crippen LogP contribution in [0.3, 0.4) is 0 Å². The van der Waals surface area contributed by atoms with E-state index in [2.05, 4.69) is 6.92 Å². The van der Waals surface area contributed by atoms with Gasteiger partial charge in [0.25, 0.3) is 0 Å². The molecule has 0 bridgehead atoms. The predicted octanol–water partition coefficient (Wildman–Crippen LogP) is 7.74. The number of aromatic hydroxyl groups is 1. The zero-order valence-electron chi connectivity index (χ0n) is 20.3. The molecule has 0 amide bonds. The number of unbranched alkanes of at least 4 members (excludes halogenated alkanes) is 7. The van der Waals surface area contributed by atoms with Crippen LogP contribution in [0.15, 0.2) is 12.1 Å². The van der Waals surface area contributed by atoms with Gasteiger partial charge in [-0.25, -0.2) is 0 Å². The van der Waals surface area contributed by atoms with Crippen molar-refractivity contribution in [3.8, 4) is 5.75 Å². The lowest BCUT2D eigenvalue weighted by atomic mass is 9.78. The van der Waals surface area contributed by atoms with Crippen molar-refractivity contribution >= 4 is 7.60 Å². The molecular formula is C25H45O4P. The molecule has 1 aromatic carbocycles. The fraction of sp³-hybridized carbons (Fsp3) is 0.760. The van der Waals surface area contributed by atoms with Crippen molar-refractivity contribution in [1.82, 2.24) is 0 Å². The van der Waals surface area contributed by atoms with Gasteiger partial charge in [-0.15, -0.1) is 0 Å². The molecule has 3 N–H and O–H groups in total. The van der Waals surface area contributed by atoms with E-state index in [0.717, 1.165) is 30.4 Å². The van der Waals surface area contributed by atoms with E-state index in [9.17, 15) is 19.5 Å². The Morgan fingerprint density at radius 3 is 1.57 bits per heavy atom. The van der Waals surface area contributed by atoms with E-state index < -0.39 is 13.3 Å². The molecule has 1 atom stereocenters. The number of hydrogen-bond acceptors (Lipinski definition) is 2. The van der Waals surface area contributed by atoms with Gasteiger partial charge < -0.3 is 14.9 Å². The van der Waals surface area contributed by atoms with Crippen LogP contribution >= 0.6 is 7.60 Å². The number of phenolic OH excluding ortho intramolecular Hbond substituents is 1. The maximum Gasteiger partial charge on any atom is 0.332 e. The Balaban J connectivity index is 3.08. The van der Waals surface area contributed by atoms with E-state index >= 15 is 0 Å². The molecule has 0 radical (unpaired) electrons. The summed E-state index contributed by atoms with van der Waals surface area (Å²) >= 11 is 0. The standard InChI is InChI=1S/C25H45O4P/c1-8-9-10-11-12-13-14-15-16-22(30(27,28)29)19-17-20(24(2,3)4)23(26)21(18-19)25(5,6)7/h17-18,22,26H,8-16H2,1-7H3,(H2,27,28,29). The molecule has 4 nitrogen and oxygen atoms in total. The maximum absolute atomic E-state index is 12.4. The molecule has 0 heterocycles. The Bertz CT molecular complexity index is 672.